The van der Waals surface area contributed by atoms with Gasteiger partial charge in [0.2, 0.25) is 0 Å². The van der Waals surface area contributed by atoms with E-state index in [0.717, 1.165) is 0 Å². The molecule has 0 aliphatic heterocycles. The van der Waals surface area contributed by atoms with Crippen molar-refractivity contribution in [3.8, 4) is 0 Å². The number of carbonyl (C=O) groups excluding carboxylic acids is 1. The van der Waals surface area contributed by atoms with Crippen LogP contribution in [0.25, 0.3) is 0 Å². The number of hydrogen-bond acceptors (Lipinski definition) is 6. The van der Waals surface area contributed by atoms with Crippen LogP contribution in [0.4, 0.5) is 0 Å². The standard InChI is InChI=1S/C6H13O6P/c1-9-6(7)4-12-5-13(8,10-2)11-3/h4-5H2,1-3H3. The van der Waals surface area contributed by atoms with Crippen molar-refractivity contribution >= 4 is 13.6 Å². The molecule has 0 radical (unpaired) electrons. The second-order valence-electron chi connectivity index (χ2n) is 2.03. The van der Waals surface area contributed by atoms with Crippen molar-refractivity contribution in [2.75, 3.05) is 34.3 Å². The van der Waals surface area contributed by atoms with Gasteiger partial charge in [-0.1, -0.05) is 0 Å². The molecule has 0 spiro atoms. The second kappa shape index (κ2) is 6.10. The first-order valence-electron chi connectivity index (χ1n) is 3.43. The Kier molecular flexibility index (Phi) is 5.90. The van der Waals surface area contributed by atoms with Gasteiger partial charge in [0.15, 0.2) is 0 Å². The Hall–Kier alpha value is -0.420. The lowest BCUT2D eigenvalue weighted by Crippen LogP contribution is -2.11. The zero-order valence-electron chi connectivity index (χ0n) is 7.81. The highest BCUT2D eigenvalue weighted by atomic mass is 31.2. The number of ether oxygens (including phenoxy) is 2. The average molecular weight is 212 g/mol. The number of carbonyl (C=O) groups is 1. The maximum atomic E-state index is 11.3. The summed E-state index contributed by atoms with van der Waals surface area (Å²) in [5.41, 5.74) is 0. The van der Waals surface area contributed by atoms with Gasteiger partial charge in [-0.2, -0.15) is 0 Å². The molecular weight excluding hydrogens is 199 g/mol. The molecule has 0 fully saturated rings. The molecule has 13 heavy (non-hydrogen) atoms. The maximum Gasteiger partial charge on any atom is 0.355 e. The number of methoxy groups -OCH3 is 1. The summed E-state index contributed by atoms with van der Waals surface area (Å²) in [6.45, 7) is -0.271. The number of rotatable bonds is 6. The topological polar surface area (TPSA) is 71.1 Å². The third-order valence-electron chi connectivity index (χ3n) is 1.25. The lowest BCUT2D eigenvalue weighted by molar-refractivity contribution is -0.145. The van der Waals surface area contributed by atoms with E-state index in [2.05, 4.69) is 13.8 Å². The maximum absolute atomic E-state index is 11.3. The molecule has 0 aromatic carbocycles. The SMILES string of the molecule is COC(=O)COCP(=O)(OC)OC. The fourth-order valence-corrected chi connectivity index (χ4v) is 1.15. The molecule has 0 aliphatic carbocycles. The predicted molar refractivity (Wildman–Crippen MR) is 44.5 cm³/mol. The fourth-order valence-electron chi connectivity index (χ4n) is 0.480. The summed E-state index contributed by atoms with van der Waals surface area (Å²) in [7, 11) is 0.540. The van der Waals surface area contributed by atoms with E-state index in [1.165, 1.54) is 21.3 Å². The fraction of sp³-hybridized carbons (Fsp3) is 0.833. The van der Waals surface area contributed by atoms with E-state index >= 15 is 0 Å². The van der Waals surface area contributed by atoms with Crippen LogP contribution in [0.15, 0.2) is 0 Å². The quantitative estimate of drug-likeness (QED) is 0.474. The van der Waals surface area contributed by atoms with Gasteiger partial charge in [0, 0.05) is 14.2 Å². The summed E-state index contributed by atoms with van der Waals surface area (Å²) >= 11 is 0. The Balaban J connectivity index is 3.74. The van der Waals surface area contributed by atoms with Gasteiger partial charge in [0.1, 0.15) is 13.0 Å². The van der Waals surface area contributed by atoms with Crippen molar-refractivity contribution < 1.29 is 27.9 Å². The van der Waals surface area contributed by atoms with Gasteiger partial charge in [-0.15, -0.1) is 0 Å². The smallest absolute Gasteiger partial charge is 0.355 e. The molecule has 0 N–H and O–H groups in total. The number of esters is 1. The van der Waals surface area contributed by atoms with E-state index in [-0.39, 0.29) is 13.0 Å². The van der Waals surface area contributed by atoms with Gasteiger partial charge < -0.3 is 18.5 Å². The van der Waals surface area contributed by atoms with E-state index in [4.69, 9.17) is 4.74 Å². The van der Waals surface area contributed by atoms with Crippen LogP contribution >= 0.6 is 7.60 Å². The summed E-state index contributed by atoms with van der Waals surface area (Å²) in [4.78, 5) is 10.6. The molecule has 78 valence electrons. The lowest BCUT2D eigenvalue weighted by atomic mass is 10.7. The van der Waals surface area contributed by atoms with Gasteiger partial charge in [0.05, 0.1) is 7.11 Å². The van der Waals surface area contributed by atoms with Crippen molar-refractivity contribution in [1.29, 1.82) is 0 Å². The van der Waals surface area contributed by atoms with Crippen LogP contribution < -0.4 is 0 Å². The Morgan fingerprint density at radius 1 is 1.23 bits per heavy atom. The van der Waals surface area contributed by atoms with Crippen LogP contribution in [0, 0.1) is 0 Å². The lowest BCUT2D eigenvalue weighted by Gasteiger charge is -2.12. The molecular formula is C6H13O6P. The third kappa shape index (κ3) is 5.00. The van der Waals surface area contributed by atoms with Crippen molar-refractivity contribution in [3.05, 3.63) is 0 Å². The molecule has 0 heterocycles. The van der Waals surface area contributed by atoms with E-state index in [1.54, 1.807) is 0 Å². The van der Waals surface area contributed by atoms with E-state index in [1.807, 2.05) is 0 Å². The predicted octanol–water partition coefficient (Wildman–Crippen LogP) is 0.619. The van der Waals surface area contributed by atoms with E-state index in [9.17, 15) is 9.36 Å². The Morgan fingerprint density at radius 2 is 1.77 bits per heavy atom. The minimum Gasteiger partial charge on any atom is -0.467 e. The summed E-state index contributed by atoms with van der Waals surface area (Å²) in [6, 6.07) is 0. The van der Waals surface area contributed by atoms with Crippen LogP contribution in [-0.2, 0) is 27.9 Å². The Bertz CT molecular complexity index is 195. The van der Waals surface area contributed by atoms with Crippen LogP contribution in [0.1, 0.15) is 0 Å². The normalized spacial score (nSPS) is 11.3. The Labute approximate surface area is 76.6 Å². The summed E-state index contributed by atoms with van der Waals surface area (Å²) in [5, 5.41) is 0. The first kappa shape index (κ1) is 12.6. The average Bonchev–Trinajstić information content (AvgIpc) is 2.17. The zero-order chi connectivity index (χ0) is 10.3. The molecule has 0 saturated carbocycles. The first-order chi connectivity index (χ1) is 6.08. The largest absolute Gasteiger partial charge is 0.467 e. The van der Waals surface area contributed by atoms with Crippen LogP contribution in [0.5, 0.6) is 0 Å². The minimum absolute atomic E-state index is 0.269. The molecule has 0 bridgehead atoms. The van der Waals surface area contributed by atoms with Crippen LogP contribution in [0.3, 0.4) is 0 Å². The molecule has 0 saturated heterocycles. The molecule has 0 rings (SSSR count). The molecule has 0 unspecified atom stereocenters. The summed E-state index contributed by atoms with van der Waals surface area (Å²) in [5.74, 6) is -0.543. The molecule has 7 heteroatoms. The second-order valence-corrected chi connectivity index (χ2v) is 4.24. The molecule has 0 aromatic heterocycles. The highest BCUT2D eigenvalue weighted by molar-refractivity contribution is 7.53. The highest BCUT2D eigenvalue weighted by Gasteiger charge is 2.21. The van der Waals surface area contributed by atoms with Gasteiger partial charge in [-0.3, -0.25) is 4.57 Å². The van der Waals surface area contributed by atoms with E-state index in [0.29, 0.717) is 0 Å². The van der Waals surface area contributed by atoms with Gasteiger partial charge >= 0.3 is 13.6 Å². The van der Waals surface area contributed by atoms with Gasteiger partial charge in [-0.25, -0.2) is 4.79 Å². The summed E-state index contributed by atoms with van der Waals surface area (Å²) < 4.78 is 29.5. The third-order valence-corrected chi connectivity index (χ3v) is 2.86. The van der Waals surface area contributed by atoms with Crippen molar-refractivity contribution in [2.45, 2.75) is 0 Å². The molecule has 0 atom stereocenters. The molecule has 6 nitrogen and oxygen atoms in total. The zero-order valence-corrected chi connectivity index (χ0v) is 8.71. The van der Waals surface area contributed by atoms with Gasteiger partial charge in [0.25, 0.3) is 0 Å². The Morgan fingerprint density at radius 3 is 2.15 bits per heavy atom. The first-order valence-corrected chi connectivity index (χ1v) is 5.16. The summed E-state index contributed by atoms with van der Waals surface area (Å²) in [6.07, 6.45) is -0.269. The highest BCUT2D eigenvalue weighted by Crippen LogP contribution is 2.45. The molecule has 0 amide bonds. The molecule has 0 aromatic rings. The van der Waals surface area contributed by atoms with Crippen molar-refractivity contribution in [3.63, 3.8) is 0 Å². The van der Waals surface area contributed by atoms with Crippen LogP contribution in [0.2, 0.25) is 0 Å². The minimum atomic E-state index is -3.18. The van der Waals surface area contributed by atoms with Crippen molar-refractivity contribution in [1.82, 2.24) is 0 Å². The van der Waals surface area contributed by atoms with Crippen molar-refractivity contribution in [2.24, 2.45) is 0 Å². The van der Waals surface area contributed by atoms with E-state index < -0.39 is 13.6 Å². The van der Waals surface area contributed by atoms with Crippen LogP contribution in [-0.4, -0.2) is 40.3 Å². The van der Waals surface area contributed by atoms with Gasteiger partial charge in [-0.05, 0) is 0 Å². The monoisotopic (exact) mass is 212 g/mol. The molecule has 0 aliphatic rings. The number of hydrogen-bond donors (Lipinski definition) is 0.